The van der Waals surface area contributed by atoms with Crippen LogP contribution in [0.2, 0.25) is 0 Å². The number of hydrogen-bond donors (Lipinski definition) is 1. The number of carbonyl (C=O) groups is 2. The smallest absolute Gasteiger partial charge is 0.269 e. The molecule has 0 bridgehead atoms. The van der Waals surface area contributed by atoms with Crippen molar-refractivity contribution in [3.63, 3.8) is 0 Å². The van der Waals surface area contributed by atoms with Crippen molar-refractivity contribution in [1.82, 2.24) is 10.2 Å². The Morgan fingerprint density at radius 1 is 1.29 bits per heavy atom. The van der Waals surface area contributed by atoms with Crippen molar-refractivity contribution in [2.75, 3.05) is 13.1 Å². The number of hydrogen-bond acceptors (Lipinski definition) is 4. The van der Waals surface area contributed by atoms with Crippen molar-refractivity contribution in [2.45, 2.75) is 26.8 Å². The van der Waals surface area contributed by atoms with Crippen molar-refractivity contribution in [3.05, 3.63) is 39.9 Å². The lowest BCUT2D eigenvalue weighted by molar-refractivity contribution is -0.384. The Hall–Kier alpha value is -2.44. The Bertz CT molecular complexity index is 526. The van der Waals surface area contributed by atoms with Gasteiger partial charge >= 0.3 is 0 Å². The number of nitrogens with zero attached hydrogens (tertiary/aromatic N) is 2. The summed E-state index contributed by atoms with van der Waals surface area (Å²) in [4.78, 5) is 35.4. The van der Waals surface area contributed by atoms with E-state index in [0.717, 1.165) is 0 Å². The molecule has 1 aromatic rings. The summed E-state index contributed by atoms with van der Waals surface area (Å²) in [5.41, 5.74) is 0.243. The number of nitro benzene ring substituents is 1. The second-order valence-electron chi connectivity index (χ2n) is 4.85. The lowest BCUT2D eigenvalue weighted by atomic mass is 10.2. The lowest BCUT2D eigenvalue weighted by Gasteiger charge is -2.21. The van der Waals surface area contributed by atoms with E-state index in [0.29, 0.717) is 12.1 Å². The monoisotopic (exact) mass is 293 g/mol. The van der Waals surface area contributed by atoms with Gasteiger partial charge in [-0.1, -0.05) is 0 Å². The van der Waals surface area contributed by atoms with Crippen LogP contribution in [0.3, 0.4) is 0 Å². The van der Waals surface area contributed by atoms with Crippen LogP contribution in [0, 0.1) is 10.1 Å². The van der Waals surface area contributed by atoms with E-state index < -0.39 is 4.92 Å². The number of benzene rings is 1. The van der Waals surface area contributed by atoms with Gasteiger partial charge in [-0.3, -0.25) is 19.7 Å². The Labute approximate surface area is 123 Å². The molecule has 2 amide bonds. The minimum absolute atomic E-state index is 0.00526. The molecule has 0 radical (unpaired) electrons. The van der Waals surface area contributed by atoms with Crippen molar-refractivity contribution in [3.8, 4) is 0 Å². The predicted octanol–water partition coefficient (Wildman–Crippen LogP) is 1.58. The number of nitrogens with one attached hydrogen (secondary N) is 1. The lowest BCUT2D eigenvalue weighted by Crippen LogP contribution is -2.42. The maximum Gasteiger partial charge on any atom is 0.269 e. The van der Waals surface area contributed by atoms with E-state index in [-0.39, 0.29) is 30.1 Å². The zero-order valence-corrected chi connectivity index (χ0v) is 12.3. The second kappa shape index (κ2) is 7.37. The van der Waals surface area contributed by atoms with Gasteiger partial charge < -0.3 is 10.2 Å². The van der Waals surface area contributed by atoms with Crippen LogP contribution in [-0.4, -0.2) is 40.8 Å². The molecular weight excluding hydrogens is 274 g/mol. The van der Waals surface area contributed by atoms with Crippen LogP contribution < -0.4 is 5.32 Å². The van der Waals surface area contributed by atoms with Gasteiger partial charge in [-0.25, -0.2) is 0 Å². The van der Waals surface area contributed by atoms with Crippen molar-refractivity contribution in [1.29, 1.82) is 0 Å². The van der Waals surface area contributed by atoms with Gasteiger partial charge in [-0.15, -0.1) is 0 Å². The van der Waals surface area contributed by atoms with E-state index in [2.05, 4.69) is 5.32 Å². The highest BCUT2D eigenvalue weighted by atomic mass is 16.6. The molecule has 0 unspecified atom stereocenters. The molecule has 114 valence electrons. The molecule has 1 rings (SSSR count). The van der Waals surface area contributed by atoms with E-state index >= 15 is 0 Å². The molecule has 7 heteroatoms. The zero-order valence-electron chi connectivity index (χ0n) is 12.3. The number of nitro groups is 1. The largest absolute Gasteiger partial charge is 0.352 e. The summed E-state index contributed by atoms with van der Waals surface area (Å²) in [6.45, 7) is 5.79. The van der Waals surface area contributed by atoms with Gasteiger partial charge in [0.1, 0.15) is 0 Å². The summed E-state index contributed by atoms with van der Waals surface area (Å²) >= 11 is 0. The minimum Gasteiger partial charge on any atom is -0.352 e. The highest BCUT2D eigenvalue weighted by Gasteiger charge is 2.18. The maximum absolute atomic E-state index is 12.3. The molecule has 0 atom stereocenters. The number of rotatable bonds is 6. The van der Waals surface area contributed by atoms with Crippen LogP contribution in [0.1, 0.15) is 31.1 Å². The molecule has 7 nitrogen and oxygen atoms in total. The first-order chi connectivity index (χ1) is 9.85. The van der Waals surface area contributed by atoms with Crippen LogP contribution >= 0.6 is 0 Å². The molecular formula is C14H19N3O4. The van der Waals surface area contributed by atoms with Gasteiger partial charge in [0, 0.05) is 30.3 Å². The van der Waals surface area contributed by atoms with Crippen LogP contribution in [0.25, 0.3) is 0 Å². The molecule has 0 saturated carbocycles. The van der Waals surface area contributed by atoms with E-state index in [1.165, 1.54) is 29.2 Å². The molecule has 0 heterocycles. The van der Waals surface area contributed by atoms with Gasteiger partial charge in [0.15, 0.2) is 0 Å². The van der Waals surface area contributed by atoms with E-state index in [1.807, 2.05) is 13.8 Å². The van der Waals surface area contributed by atoms with Gasteiger partial charge in [0.25, 0.3) is 11.6 Å². The molecule has 21 heavy (non-hydrogen) atoms. The molecule has 0 aliphatic rings. The summed E-state index contributed by atoms with van der Waals surface area (Å²) in [6, 6.07) is 5.34. The summed E-state index contributed by atoms with van der Waals surface area (Å²) in [6.07, 6.45) is 0. The van der Waals surface area contributed by atoms with Crippen molar-refractivity contribution < 1.29 is 14.5 Å². The Kier molecular flexibility index (Phi) is 5.83. The topological polar surface area (TPSA) is 92.6 Å². The fourth-order valence-corrected chi connectivity index (χ4v) is 1.78. The van der Waals surface area contributed by atoms with Crippen LogP contribution in [0.5, 0.6) is 0 Å². The van der Waals surface area contributed by atoms with Gasteiger partial charge in [-0.05, 0) is 32.9 Å². The average molecular weight is 293 g/mol. The average Bonchev–Trinajstić information content (AvgIpc) is 2.43. The molecule has 0 spiro atoms. The van der Waals surface area contributed by atoms with E-state index in [1.54, 1.807) is 6.92 Å². The van der Waals surface area contributed by atoms with Gasteiger partial charge in [0.05, 0.1) is 11.5 Å². The number of non-ortho nitro benzene ring substituents is 1. The standard InChI is InChI=1S/C14H19N3O4/c1-4-16(9-13(18)15-10(2)3)14(19)11-5-7-12(8-6-11)17(20)21/h5-8,10H,4,9H2,1-3H3,(H,15,18). The summed E-state index contributed by atoms with van der Waals surface area (Å²) in [5, 5.41) is 13.3. The Morgan fingerprint density at radius 2 is 1.86 bits per heavy atom. The third-order valence-electron chi connectivity index (χ3n) is 2.78. The van der Waals surface area contributed by atoms with Crippen LogP contribution in [-0.2, 0) is 4.79 Å². The van der Waals surface area contributed by atoms with Crippen LogP contribution in [0.15, 0.2) is 24.3 Å². The summed E-state index contributed by atoms with van der Waals surface area (Å²) in [7, 11) is 0. The third-order valence-corrected chi connectivity index (χ3v) is 2.78. The third kappa shape index (κ3) is 4.87. The summed E-state index contributed by atoms with van der Waals surface area (Å²) in [5.74, 6) is -0.562. The first-order valence-electron chi connectivity index (χ1n) is 6.68. The number of carbonyl (C=O) groups excluding carboxylic acids is 2. The zero-order chi connectivity index (χ0) is 16.0. The molecule has 0 aliphatic carbocycles. The Morgan fingerprint density at radius 3 is 2.29 bits per heavy atom. The quantitative estimate of drug-likeness (QED) is 0.636. The summed E-state index contributed by atoms with van der Waals surface area (Å²) < 4.78 is 0. The fourth-order valence-electron chi connectivity index (χ4n) is 1.78. The Balaban J connectivity index is 2.78. The highest BCUT2D eigenvalue weighted by Crippen LogP contribution is 2.13. The second-order valence-corrected chi connectivity index (χ2v) is 4.85. The van der Waals surface area contributed by atoms with E-state index in [9.17, 15) is 19.7 Å². The van der Waals surface area contributed by atoms with Gasteiger partial charge in [0.2, 0.25) is 5.91 Å². The first-order valence-corrected chi connectivity index (χ1v) is 6.68. The van der Waals surface area contributed by atoms with Gasteiger partial charge in [-0.2, -0.15) is 0 Å². The molecule has 0 saturated heterocycles. The molecule has 0 aliphatic heterocycles. The van der Waals surface area contributed by atoms with Crippen molar-refractivity contribution >= 4 is 17.5 Å². The number of amides is 2. The molecule has 0 aromatic heterocycles. The molecule has 1 N–H and O–H groups in total. The fraction of sp³-hybridized carbons (Fsp3) is 0.429. The molecule has 0 fully saturated rings. The van der Waals surface area contributed by atoms with Crippen LogP contribution in [0.4, 0.5) is 5.69 Å². The maximum atomic E-state index is 12.3. The van der Waals surface area contributed by atoms with Crippen molar-refractivity contribution in [2.24, 2.45) is 0 Å². The SMILES string of the molecule is CCN(CC(=O)NC(C)C)C(=O)c1ccc([N+](=O)[O-])cc1. The van der Waals surface area contributed by atoms with E-state index in [4.69, 9.17) is 0 Å². The minimum atomic E-state index is -0.526. The normalized spacial score (nSPS) is 10.3. The predicted molar refractivity (Wildman–Crippen MR) is 78.0 cm³/mol. The highest BCUT2D eigenvalue weighted by molar-refractivity contribution is 5.96. The first kappa shape index (κ1) is 16.6. The number of likely N-dealkylation sites (N-methyl/N-ethyl adjacent to an activating group) is 1. The molecule has 1 aromatic carbocycles.